The van der Waals surface area contributed by atoms with Crippen molar-refractivity contribution in [3.63, 3.8) is 0 Å². The minimum Gasteiger partial charge on any atom is -0.504 e. The van der Waals surface area contributed by atoms with E-state index in [4.69, 9.17) is 5.73 Å². The minimum atomic E-state index is 0.215. The summed E-state index contributed by atoms with van der Waals surface area (Å²) < 4.78 is 0. The van der Waals surface area contributed by atoms with E-state index >= 15 is 0 Å². The maximum Gasteiger partial charge on any atom is 0.220 e. The Morgan fingerprint density at radius 1 is 1.42 bits per heavy atom. The Labute approximate surface area is 70.5 Å². The van der Waals surface area contributed by atoms with Gasteiger partial charge in [-0.1, -0.05) is 0 Å². The number of hydrogen-bond donors (Lipinski definition) is 2. The number of aryl methyl sites for hydroxylation is 1. The van der Waals surface area contributed by atoms with Gasteiger partial charge in [0.15, 0.2) is 5.75 Å². The summed E-state index contributed by atoms with van der Waals surface area (Å²) in [5.74, 6) is 0.882. The second-order valence-corrected chi connectivity index (χ2v) is 3.18. The highest BCUT2D eigenvalue weighted by atomic mass is 16.3. The van der Waals surface area contributed by atoms with Crippen molar-refractivity contribution in [2.24, 2.45) is 0 Å². The summed E-state index contributed by atoms with van der Waals surface area (Å²) in [6.07, 6.45) is 2.20. The third-order valence-corrected chi connectivity index (χ3v) is 2.07. The normalized spacial score (nSPS) is 16.4. The van der Waals surface area contributed by atoms with Gasteiger partial charge < -0.3 is 10.8 Å². The molecule has 0 radical (unpaired) electrons. The molecule has 4 heteroatoms. The average Bonchev–Trinajstić information content (AvgIpc) is 2.79. The molecule has 1 heterocycles. The van der Waals surface area contributed by atoms with Gasteiger partial charge in [-0.05, 0) is 19.8 Å². The summed E-state index contributed by atoms with van der Waals surface area (Å²) in [4.78, 5) is 7.87. The van der Waals surface area contributed by atoms with E-state index in [-0.39, 0.29) is 11.7 Å². The molecular formula is C8H11N3O. The molecule has 1 aromatic heterocycles. The Morgan fingerprint density at radius 3 is 2.67 bits per heavy atom. The number of aromatic nitrogens is 2. The summed E-state index contributed by atoms with van der Waals surface area (Å²) in [6, 6.07) is 0. The lowest BCUT2D eigenvalue weighted by molar-refractivity contribution is 0.456. The molecule has 1 fully saturated rings. The second-order valence-electron chi connectivity index (χ2n) is 3.18. The molecule has 2 rings (SSSR count). The van der Waals surface area contributed by atoms with E-state index in [1.165, 1.54) is 0 Å². The first-order valence-corrected chi connectivity index (χ1v) is 4.01. The molecular weight excluding hydrogens is 154 g/mol. The highest BCUT2D eigenvalue weighted by Gasteiger charge is 2.29. The molecule has 0 spiro atoms. The second kappa shape index (κ2) is 2.33. The number of anilines is 1. The van der Waals surface area contributed by atoms with Crippen molar-refractivity contribution in [3.8, 4) is 5.75 Å². The molecule has 0 saturated heterocycles. The van der Waals surface area contributed by atoms with E-state index in [1.807, 2.05) is 0 Å². The number of hydrogen-bond acceptors (Lipinski definition) is 4. The Hall–Kier alpha value is -1.32. The molecule has 0 bridgehead atoms. The molecule has 12 heavy (non-hydrogen) atoms. The lowest BCUT2D eigenvalue weighted by atomic mass is 10.2. The van der Waals surface area contributed by atoms with Gasteiger partial charge in [-0.15, -0.1) is 0 Å². The van der Waals surface area contributed by atoms with Crippen LogP contribution in [0.4, 0.5) is 5.95 Å². The van der Waals surface area contributed by atoms with Gasteiger partial charge >= 0.3 is 0 Å². The van der Waals surface area contributed by atoms with Crippen LogP contribution < -0.4 is 5.73 Å². The fourth-order valence-electron chi connectivity index (χ4n) is 1.25. The highest BCUT2D eigenvalue weighted by molar-refractivity contribution is 5.39. The van der Waals surface area contributed by atoms with Crippen LogP contribution in [0.3, 0.4) is 0 Å². The number of aromatic hydroxyl groups is 1. The quantitative estimate of drug-likeness (QED) is 0.649. The molecule has 1 aromatic rings. The van der Waals surface area contributed by atoms with Crippen LogP contribution in [0.2, 0.25) is 0 Å². The summed E-state index contributed by atoms with van der Waals surface area (Å²) in [5.41, 5.74) is 6.76. The van der Waals surface area contributed by atoms with Crippen molar-refractivity contribution in [2.45, 2.75) is 25.7 Å². The zero-order valence-corrected chi connectivity index (χ0v) is 6.91. The number of nitrogens with two attached hydrogens (primary N) is 1. The summed E-state index contributed by atoms with van der Waals surface area (Å²) in [6.45, 7) is 1.74. The predicted molar refractivity (Wildman–Crippen MR) is 44.8 cm³/mol. The van der Waals surface area contributed by atoms with Crippen LogP contribution in [0.25, 0.3) is 0 Å². The molecule has 3 N–H and O–H groups in total. The number of rotatable bonds is 1. The third kappa shape index (κ3) is 1.09. The number of nitrogens with zero attached hydrogens (tertiary/aromatic N) is 2. The smallest absolute Gasteiger partial charge is 0.220 e. The standard InChI is InChI=1S/C8H11N3O/c1-4-7(12)6(5-2-3-5)11-8(9)10-4/h5,12H,2-3H2,1H3,(H2,9,10,11). The van der Waals surface area contributed by atoms with Gasteiger partial charge in [-0.3, -0.25) is 0 Å². The molecule has 1 aliphatic rings. The molecule has 0 unspecified atom stereocenters. The molecule has 0 amide bonds. The Kier molecular flexibility index (Phi) is 1.43. The van der Waals surface area contributed by atoms with Gasteiger partial charge in [0, 0.05) is 5.92 Å². The molecule has 64 valence electrons. The van der Waals surface area contributed by atoms with Crippen LogP contribution in [0.15, 0.2) is 0 Å². The monoisotopic (exact) mass is 165 g/mol. The van der Waals surface area contributed by atoms with E-state index < -0.39 is 0 Å². The maximum atomic E-state index is 9.55. The number of nitrogen functional groups attached to an aromatic ring is 1. The third-order valence-electron chi connectivity index (χ3n) is 2.07. The Morgan fingerprint density at radius 2 is 2.08 bits per heavy atom. The van der Waals surface area contributed by atoms with Crippen molar-refractivity contribution in [2.75, 3.05) is 5.73 Å². The lowest BCUT2D eigenvalue weighted by Crippen LogP contribution is -2.00. The van der Waals surface area contributed by atoms with Gasteiger partial charge in [0.05, 0.1) is 11.4 Å². The van der Waals surface area contributed by atoms with Gasteiger partial charge in [-0.25, -0.2) is 9.97 Å². The Bertz CT molecular complexity index is 320. The van der Waals surface area contributed by atoms with E-state index in [1.54, 1.807) is 6.92 Å². The molecule has 1 saturated carbocycles. The van der Waals surface area contributed by atoms with Crippen LogP contribution >= 0.6 is 0 Å². The van der Waals surface area contributed by atoms with Gasteiger partial charge in [0.25, 0.3) is 0 Å². The Balaban J connectivity index is 2.51. The first kappa shape index (κ1) is 7.34. The van der Waals surface area contributed by atoms with E-state index in [0.717, 1.165) is 18.5 Å². The van der Waals surface area contributed by atoms with E-state index in [2.05, 4.69) is 9.97 Å². The van der Waals surface area contributed by atoms with Crippen molar-refractivity contribution in [1.82, 2.24) is 9.97 Å². The zero-order valence-electron chi connectivity index (χ0n) is 6.91. The van der Waals surface area contributed by atoms with E-state index in [9.17, 15) is 5.11 Å². The highest BCUT2D eigenvalue weighted by Crippen LogP contribution is 2.43. The molecule has 4 nitrogen and oxygen atoms in total. The van der Waals surface area contributed by atoms with Crippen LogP contribution in [-0.2, 0) is 0 Å². The van der Waals surface area contributed by atoms with Gasteiger partial charge in [0.1, 0.15) is 0 Å². The van der Waals surface area contributed by atoms with Crippen molar-refractivity contribution >= 4 is 5.95 Å². The van der Waals surface area contributed by atoms with Gasteiger partial charge in [-0.2, -0.15) is 0 Å². The molecule has 0 atom stereocenters. The maximum absolute atomic E-state index is 9.55. The van der Waals surface area contributed by atoms with Crippen molar-refractivity contribution in [1.29, 1.82) is 0 Å². The largest absolute Gasteiger partial charge is 0.504 e. The van der Waals surface area contributed by atoms with Crippen LogP contribution in [-0.4, -0.2) is 15.1 Å². The summed E-state index contributed by atoms with van der Waals surface area (Å²) in [7, 11) is 0. The topological polar surface area (TPSA) is 72.0 Å². The molecule has 0 aliphatic heterocycles. The first-order chi connectivity index (χ1) is 5.68. The van der Waals surface area contributed by atoms with Crippen molar-refractivity contribution in [3.05, 3.63) is 11.4 Å². The lowest BCUT2D eigenvalue weighted by Gasteiger charge is -2.04. The molecule has 0 aromatic carbocycles. The SMILES string of the molecule is Cc1nc(N)nc(C2CC2)c1O. The van der Waals surface area contributed by atoms with Crippen LogP contribution in [0.5, 0.6) is 5.75 Å². The minimum absolute atomic E-state index is 0.215. The predicted octanol–water partition coefficient (Wildman–Crippen LogP) is 0.950. The van der Waals surface area contributed by atoms with Crippen LogP contribution in [0.1, 0.15) is 30.1 Å². The first-order valence-electron chi connectivity index (χ1n) is 4.01. The fourth-order valence-corrected chi connectivity index (χ4v) is 1.25. The fraction of sp³-hybridized carbons (Fsp3) is 0.500. The van der Waals surface area contributed by atoms with Crippen LogP contribution in [0, 0.1) is 6.92 Å². The van der Waals surface area contributed by atoms with E-state index in [0.29, 0.717) is 11.6 Å². The summed E-state index contributed by atoms with van der Waals surface area (Å²) in [5, 5.41) is 9.55. The van der Waals surface area contributed by atoms with Gasteiger partial charge in [0.2, 0.25) is 5.95 Å². The molecule has 1 aliphatic carbocycles. The summed E-state index contributed by atoms with van der Waals surface area (Å²) >= 11 is 0. The average molecular weight is 165 g/mol. The zero-order chi connectivity index (χ0) is 8.72. The van der Waals surface area contributed by atoms with Crippen molar-refractivity contribution < 1.29 is 5.11 Å².